The Bertz CT molecular complexity index is 1200. The standard InChI is InChI=1S/C30H35FN2O3/c1-20(32)27-10-5-11-28(30(27)31)24-15-21(12-13-26-9-6-14-36-26)16-25(17-24)33(2)19-23-8-4-3-7-22(23)18-29(34)35/h3-5,7-8,10-11,15-17,20,26H,6,9,12-14,18-19,32H2,1-2H3,(H,34,35)/t20-,26+/m1/s1. The van der Waals surface area contributed by atoms with Gasteiger partial charge in [-0.3, -0.25) is 4.79 Å². The molecule has 6 heteroatoms. The van der Waals surface area contributed by atoms with E-state index in [-0.39, 0.29) is 18.3 Å². The van der Waals surface area contributed by atoms with Crippen LogP contribution in [0.3, 0.4) is 0 Å². The van der Waals surface area contributed by atoms with Gasteiger partial charge in [0.05, 0.1) is 12.5 Å². The predicted octanol–water partition coefficient (Wildman–Crippen LogP) is 5.89. The first kappa shape index (κ1) is 25.9. The molecule has 5 nitrogen and oxygen atoms in total. The van der Waals surface area contributed by atoms with Crippen LogP contribution < -0.4 is 10.6 Å². The minimum absolute atomic E-state index is 0.0219. The summed E-state index contributed by atoms with van der Waals surface area (Å²) in [6.45, 7) is 3.15. The summed E-state index contributed by atoms with van der Waals surface area (Å²) in [5.41, 5.74) is 11.7. The molecule has 1 fully saturated rings. The van der Waals surface area contributed by atoms with E-state index in [4.69, 9.17) is 10.5 Å². The molecule has 1 saturated heterocycles. The van der Waals surface area contributed by atoms with Crippen molar-refractivity contribution in [2.24, 2.45) is 5.73 Å². The zero-order valence-electron chi connectivity index (χ0n) is 21.0. The van der Waals surface area contributed by atoms with Crippen LogP contribution in [-0.4, -0.2) is 30.8 Å². The number of hydrogen-bond donors (Lipinski definition) is 2. The molecule has 1 aliphatic heterocycles. The van der Waals surface area contributed by atoms with Gasteiger partial charge in [-0.1, -0.05) is 48.5 Å². The molecular formula is C30H35FN2O3. The highest BCUT2D eigenvalue weighted by molar-refractivity contribution is 5.72. The van der Waals surface area contributed by atoms with Gasteiger partial charge in [-0.25, -0.2) is 4.39 Å². The number of ether oxygens (including phenoxy) is 1. The van der Waals surface area contributed by atoms with E-state index >= 15 is 4.39 Å². The average Bonchev–Trinajstić information content (AvgIpc) is 3.37. The lowest BCUT2D eigenvalue weighted by atomic mass is 9.95. The van der Waals surface area contributed by atoms with E-state index < -0.39 is 12.0 Å². The lowest BCUT2D eigenvalue weighted by Crippen LogP contribution is -2.18. The summed E-state index contributed by atoms with van der Waals surface area (Å²) in [7, 11) is 1.98. The maximum atomic E-state index is 15.5. The SMILES string of the molecule is C[C@@H](N)c1cccc(-c2cc(CC[C@@H]3CCCO3)cc(N(C)Cc3ccccc3CC(=O)O)c2)c1F. The molecule has 0 radical (unpaired) electrons. The van der Waals surface area contributed by atoms with Crippen molar-refractivity contribution in [3.8, 4) is 11.1 Å². The van der Waals surface area contributed by atoms with E-state index in [1.165, 1.54) is 0 Å². The van der Waals surface area contributed by atoms with Gasteiger partial charge in [-0.2, -0.15) is 0 Å². The number of aryl methyl sites for hydroxylation is 1. The third-order valence-corrected chi connectivity index (χ3v) is 6.90. The summed E-state index contributed by atoms with van der Waals surface area (Å²) in [6.07, 6.45) is 4.20. The monoisotopic (exact) mass is 490 g/mol. The highest BCUT2D eigenvalue weighted by Gasteiger charge is 2.18. The van der Waals surface area contributed by atoms with Crippen molar-refractivity contribution in [2.45, 2.75) is 57.7 Å². The van der Waals surface area contributed by atoms with E-state index in [9.17, 15) is 9.90 Å². The minimum Gasteiger partial charge on any atom is -0.481 e. The molecule has 190 valence electrons. The van der Waals surface area contributed by atoms with Gasteiger partial charge in [0.25, 0.3) is 0 Å². The molecule has 0 aromatic heterocycles. The van der Waals surface area contributed by atoms with Gasteiger partial charge < -0.3 is 20.5 Å². The fraction of sp³-hybridized carbons (Fsp3) is 0.367. The first-order chi connectivity index (χ1) is 17.3. The summed E-state index contributed by atoms with van der Waals surface area (Å²) >= 11 is 0. The molecule has 3 aromatic rings. The van der Waals surface area contributed by atoms with Crippen molar-refractivity contribution in [1.82, 2.24) is 0 Å². The van der Waals surface area contributed by atoms with Gasteiger partial charge in [0.15, 0.2) is 0 Å². The topological polar surface area (TPSA) is 75.8 Å². The normalized spacial score (nSPS) is 16.2. The molecule has 0 bridgehead atoms. The lowest BCUT2D eigenvalue weighted by molar-refractivity contribution is -0.136. The second-order valence-corrected chi connectivity index (χ2v) is 9.75. The maximum Gasteiger partial charge on any atom is 0.307 e. The first-order valence-electron chi connectivity index (χ1n) is 12.6. The molecule has 0 aliphatic carbocycles. The fourth-order valence-corrected chi connectivity index (χ4v) is 4.91. The van der Waals surface area contributed by atoms with E-state index in [1.54, 1.807) is 19.1 Å². The largest absolute Gasteiger partial charge is 0.481 e. The van der Waals surface area contributed by atoms with Crippen LogP contribution in [0.25, 0.3) is 11.1 Å². The van der Waals surface area contributed by atoms with Crippen LogP contribution >= 0.6 is 0 Å². The molecule has 0 saturated carbocycles. The second-order valence-electron chi connectivity index (χ2n) is 9.75. The van der Waals surface area contributed by atoms with Crippen LogP contribution in [0.15, 0.2) is 60.7 Å². The summed E-state index contributed by atoms with van der Waals surface area (Å²) in [5.74, 6) is -1.14. The number of anilines is 1. The van der Waals surface area contributed by atoms with Crippen LogP contribution in [0.4, 0.5) is 10.1 Å². The molecular weight excluding hydrogens is 455 g/mol. The summed E-state index contributed by atoms with van der Waals surface area (Å²) < 4.78 is 21.3. The third kappa shape index (κ3) is 6.31. The number of nitrogens with zero attached hydrogens (tertiary/aromatic N) is 1. The number of carboxylic acids is 1. The van der Waals surface area contributed by atoms with Crippen LogP contribution in [-0.2, 0) is 28.9 Å². The van der Waals surface area contributed by atoms with E-state index in [1.807, 2.05) is 43.4 Å². The molecule has 0 amide bonds. The number of benzene rings is 3. The van der Waals surface area contributed by atoms with Crippen molar-refractivity contribution in [3.05, 3.63) is 88.7 Å². The maximum absolute atomic E-state index is 15.5. The Kier molecular flexibility index (Phi) is 8.39. The van der Waals surface area contributed by atoms with Gasteiger partial charge >= 0.3 is 5.97 Å². The van der Waals surface area contributed by atoms with Crippen molar-refractivity contribution >= 4 is 11.7 Å². The van der Waals surface area contributed by atoms with Crippen molar-refractivity contribution in [3.63, 3.8) is 0 Å². The van der Waals surface area contributed by atoms with Gasteiger partial charge in [0.2, 0.25) is 0 Å². The highest BCUT2D eigenvalue weighted by Crippen LogP contribution is 2.33. The zero-order chi connectivity index (χ0) is 25.7. The zero-order valence-corrected chi connectivity index (χ0v) is 21.0. The Morgan fingerprint density at radius 3 is 2.64 bits per heavy atom. The van der Waals surface area contributed by atoms with Crippen molar-refractivity contribution < 1.29 is 19.0 Å². The number of halogens is 1. The fourth-order valence-electron chi connectivity index (χ4n) is 4.91. The van der Waals surface area contributed by atoms with E-state index in [2.05, 4.69) is 17.0 Å². The molecule has 3 N–H and O–H groups in total. The predicted molar refractivity (Wildman–Crippen MR) is 142 cm³/mol. The van der Waals surface area contributed by atoms with E-state index in [0.717, 1.165) is 60.2 Å². The number of nitrogens with two attached hydrogens (primary N) is 1. The van der Waals surface area contributed by atoms with Gasteiger partial charge in [0, 0.05) is 43.1 Å². The molecule has 4 rings (SSSR count). The van der Waals surface area contributed by atoms with Crippen LogP contribution in [0.1, 0.15) is 54.5 Å². The van der Waals surface area contributed by atoms with Crippen LogP contribution in [0.2, 0.25) is 0 Å². The number of hydrogen-bond acceptors (Lipinski definition) is 4. The molecule has 1 aliphatic rings. The Hall–Kier alpha value is -3.22. The Morgan fingerprint density at radius 1 is 1.17 bits per heavy atom. The van der Waals surface area contributed by atoms with Gasteiger partial charge in [0.1, 0.15) is 5.82 Å². The molecule has 1 heterocycles. The quantitative estimate of drug-likeness (QED) is 0.371. The molecule has 2 atom stereocenters. The van der Waals surface area contributed by atoms with E-state index in [0.29, 0.717) is 17.7 Å². The second kappa shape index (κ2) is 11.7. The number of carboxylic acid groups (broad SMARTS) is 1. The van der Waals surface area contributed by atoms with Crippen molar-refractivity contribution in [2.75, 3.05) is 18.6 Å². The molecule has 36 heavy (non-hydrogen) atoms. The number of rotatable bonds is 10. The summed E-state index contributed by atoms with van der Waals surface area (Å²) in [6, 6.07) is 18.8. The number of aliphatic carboxylic acids is 1. The first-order valence-corrected chi connectivity index (χ1v) is 12.6. The number of carbonyl (C=O) groups is 1. The lowest BCUT2D eigenvalue weighted by Gasteiger charge is -2.23. The van der Waals surface area contributed by atoms with Crippen LogP contribution in [0.5, 0.6) is 0 Å². The average molecular weight is 491 g/mol. The summed E-state index contributed by atoms with van der Waals surface area (Å²) in [4.78, 5) is 13.4. The molecule has 3 aromatic carbocycles. The Labute approximate surface area is 212 Å². The van der Waals surface area contributed by atoms with Crippen LogP contribution in [0, 0.1) is 5.82 Å². The minimum atomic E-state index is -0.854. The van der Waals surface area contributed by atoms with Gasteiger partial charge in [-0.15, -0.1) is 0 Å². The summed E-state index contributed by atoms with van der Waals surface area (Å²) in [5, 5.41) is 9.31. The van der Waals surface area contributed by atoms with Crippen molar-refractivity contribution in [1.29, 1.82) is 0 Å². The Balaban J connectivity index is 1.68. The third-order valence-electron chi connectivity index (χ3n) is 6.90. The molecule has 0 spiro atoms. The highest BCUT2D eigenvalue weighted by atomic mass is 19.1. The smallest absolute Gasteiger partial charge is 0.307 e. The molecule has 0 unspecified atom stereocenters. The van der Waals surface area contributed by atoms with Gasteiger partial charge in [-0.05, 0) is 67.0 Å². The Morgan fingerprint density at radius 2 is 1.94 bits per heavy atom.